The quantitative estimate of drug-likeness (QED) is 0.708. The molecule has 10 heavy (non-hydrogen) atoms. The molecule has 0 spiro atoms. The highest BCUT2D eigenvalue weighted by Gasteiger charge is 2.08. The third-order valence-electron chi connectivity index (χ3n) is 1.05. The lowest BCUT2D eigenvalue weighted by Crippen LogP contribution is -2.19. The largest absolute Gasteiger partial charge is 0.354 e. The second-order valence-electron chi connectivity index (χ2n) is 1.67. The number of carbonyl (C=O) groups excluding carboxylic acids is 1. The van der Waals surface area contributed by atoms with Gasteiger partial charge in [-0.05, 0) is 22.6 Å². The predicted octanol–water partition coefficient (Wildman–Crippen LogP) is 0.374. The molecule has 1 heterocycles. The summed E-state index contributed by atoms with van der Waals surface area (Å²) >= 11 is 2.04. The first-order chi connectivity index (χ1) is 4.75. The fraction of sp³-hybridized carbons (Fsp3) is 0.200. The second kappa shape index (κ2) is 3.00. The van der Waals surface area contributed by atoms with Crippen LogP contribution in [-0.2, 0) is 0 Å². The third kappa shape index (κ3) is 1.28. The summed E-state index contributed by atoms with van der Waals surface area (Å²) in [5.74, 6) is -0.137. The van der Waals surface area contributed by atoms with E-state index in [9.17, 15) is 4.79 Å². The molecule has 0 aliphatic carbocycles. The summed E-state index contributed by atoms with van der Waals surface area (Å²) in [6.07, 6.45) is 1.60. The zero-order valence-electron chi connectivity index (χ0n) is 5.31. The highest BCUT2D eigenvalue weighted by Crippen LogP contribution is 2.06. The van der Waals surface area contributed by atoms with Gasteiger partial charge in [0, 0.05) is 7.05 Å². The monoisotopic (exact) mass is 251 g/mol. The Morgan fingerprint density at radius 3 is 3.00 bits per heavy atom. The van der Waals surface area contributed by atoms with Crippen LogP contribution >= 0.6 is 22.6 Å². The van der Waals surface area contributed by atoms with Gasteiger partial charge in [0.15, 0.2) is 0 Å². The van der Waals surface area contributed by atoms with Gasteiger partial charge in [0.25, 0.3) is 5.91 Å². The minimum Gasteiger partial charge on any atom is -0.354 e. The smallest absolute Gasteiger partial charge is 0.270 e. The Morgan fingerprint density at radius 1 is 1.90 bits per heavy atom. The minimum absolute atomic E-state index is 0.137. The van der Waals surface area contributed by atoms with Crippen LogP contribution < -0.4 is 5.32 Å². The normalized spacial score (nSPS) is 9.40. The molecule has 1 aromatic rings. The molecule has 1 amide bonds. The van der Waals surface area contributed by atoms with E-state index < -0.39 is 0 Å². The van der Waals surface area contributed by atoms with Crippen LogP contribution in [0.1, 0.15) is 10.5 Å². The van der Waals surface area contributed by atoms with Crippen LogP contribution in [0.2, 0.25) is 0 Å². The summed E-state index contributed by atoms with van der Waals surface area (Å²) in [6, 6.07) is 0. The molecule has 2 N–H and O–H groups in total. The van der Waals surface area contributed by atoms with Gasteiger partial charge in [-0.2, -0.15) is 5.10 Å². The van der Waals surface area contributed by atoms with E-state index in [0.717, 1.165) is 3.57 Å². The molecule has 1 aromatic heterocycles. The van der Waals surface area contributed by atoms with E-state index in [4.69, 9.17) is 0 Å². The summed E-state index contributed by atoms with van der Waals surface area (Å²) < 4.78 is 0.831. The summed E-state index contributed by atoms with van der Waals surface area (Å²) in [5.41, 5.74) is 0.517. The Bertz CT molecular complexity index is 245. The standard InChI is InChI=1S/C5H6IN3O/c1-7-5(10)4-3(6)2-8-9-4/h2H,1H3,(H,7,10)(H,8,9). The van der Waals surface area contributed by atoms with Gasteiger partial charge >= 0.3 is 0 Å². The van der Waals surface area contributed by atoms with E-state index in [1.807, 2.05) is 22.6 Å². The molecule has 0 saturated carbocycles. The summed E-state index contributed by atoms with van der Waals surface area (Å²) in [7, 11) is 1.58. The van der Waals surface area contributed by atoms with E-state index in [1.54, 1.807) is 13.2 Å². The fourth-order valence-corrected chi connectivity index (χ4v) is 1.06. The molecule has 0 saturated heterocycles. The van der Waals surface area contributed by atoms with Gasteiger partial charge in [0.2, 0.25) is 0 Å². The number of aromatic amines is 1. The third-order valence-corrected chi connectivity index (χ3v) is 1.87. The molecule has 0 aliphatic rings. The average molecular weight is 251 g/mol. The molecule has 0 unspecified atom stereocenters. The number of hydrogen-bond donors (Lipinski definition) is 2. The van der Waals surface area contributed by atoms with Crippen molar-refractivity contribution in [2.45, 2.75) is 0 Å². The number of carbonyl (C=O) groups is 1. The molecular formula is C5H6IN3O. The Hall–Kier alpha value is -0.590. The minimum atomic E-state index is -0.137. The van der Waals surface area contributed by atoms with Crippen LogP contribution in [0.15, 0.2) is 6.20 Å². The number of halogens is 1. The van der Waals surface area contributed by atoms with E-state index in [2.05, 4.69) is 15.5 Å². The molecule has 0 radical (unpaired) electrons. The van der Waals surface area contributed by atoms with Crippen molar-refractivity contribution >= 4 is 28.5 Å². The van der Waals surface area contributed by atoms with Gasteiger partial charge in [-0.25, -0.2) is 0 Å². The second-order valence-corrected chi connectivity index (χ2v) is 2.83. The van der Waals surface area contributed by atoms with Crippen molar-refractivity contribution in [1.82, 2.24) is 15.5 Å². The first-order valence-corrected chi connectivity index (χ1v) is 3.74. The van der Waals surface area contributed by atoms with Crippen molar-refractivity contribution in [2.24, 2.45) is 0 Å². The number of nitrogens with one attached hydrogen (secondary N) is 2. The lowest BCUT2D eigenvalue weighted by atomic mass is 10.4. The predicted molar refractivity (Wildman–Crippen MR) is 44.7 cm³/mol. The van der Waals surface area contributed by atoms with Gasteiger partial charge in [-0.3, -0.25) is 9.89 Å². The highest BCUT2D eigenvalue weighted by molar-refractivity contribution is 14.1. The van der Waals surface area contributed by atoms with Crippen molar-refractivity contribution < 1.29 is 4.79 Å². The van der Waals surface area contributed by atoms with Gasteiger partial charge < -0.3 is 5.32 Å². The van der Waals surface area contributed by atoms with Crippen molar-refractivity contribution in [3.8, 4) is 0 Å². The molecule has 0 fully saturated rings. The maximum Gasteiger partial charge on any atom is 0.270 e. The molecular weight excluding hydrogens is 245 g/mol. The number of H-pyrrole nitrogens is 1. The van der Waals surface area contributed by atoms with E-state index in [-0.39, 0.29) is 5.91 Å². The number of hydrogen-bond acceptors (Lipinski definition) is 2. The van der Waals surface area contributed by atoms with E-state index in [0.29, 0.717) is 5.69 Å². The van der Waals surface area contributed by atoms with Crippen LogP contribution in [0.5, 0.6) is 0 Å². The van der Waals surface area contributed by atoms with Crippen LogP contribution in [0.4, 0.5) is 0 Å². The average Bonchev–Trinajstić information content (AvgIpc) is 2.34. The molecule has 0 bridgehead atoms. The zero-order chi connectivity index (χ0) is 7.56. The number of aromatic nitrogens is 2. The topological polar surface area (TPSA) is 57.8 Å². The number of rotatable bonds is 1. The SMILES string of the molecule is CNC(=O)c1[nH]ncc1I. The first kappa shape index (κ1) is 7.52. The van der Waals surface area contributed by atoms with Crippen LogP contribution in [0, 0.1) is 3.57 Å². The molecule has 5 heteroatoms. The highest BCUT2D eigenvalue weighted by atomic mass is 127. The van der Waals surface area contributed by atoms with Crippen LogP contribution in [0.25, 0.3) is 0 Å². The van der Waals surface area contributed by atoms with Crippen molar-refractivity contribution in [3.05, 3.63) is 15.5 Å². The Labute approximate surface area is 71.5 Å². The lowest BCUT2D eigenvalue weighted by molar-refractivity contribution is 0.0957. The van der Waals surface area contributed by atoms with Gasteiger partial charge in [0.05, 0.1) is 9.77 Å². The maximum absolute atomic E-state index is 10.9. The van der Waals surface area contributed by atoms with E-state index in [1.165, 1.54) is 0 Å². The van der Waals surface area contributed by atoms with Crippen molar-refractivity contribution in [3.63, 3.8) is 0 Å². The molecule has 0 aliphatic heterocycles. The maximum atomic E-state index is 10.9. The fourth-order valence-electron chi connectivity index (χ4n) is 0.556. The first-order valence-electron chi connectivity index (χ1n) is 2.66. The summed E-state index contributed by atoms with van der Waals surface area (Å²) in [5, 5.41) is 8.78. The van der Waals surface area contributed by atoms with Gasteiger partial charge in [-0.1, -0.05) is 0 Å². The molecule has 0 atom stereocenters. The Morgan fingerprint density at radius 2 is 2.60 bits per heavy atom. The van der Waals surface area contributed by atoms with Gasteiger partial charge in [0.1, 0.15) is 5.69 Å². The van der Waals surface area contributed by atoms with Crippen molar-refractivity contribution in [2.75, 3.05) is 7.05 Å². The zero-order valence-corrected chi connectivity index (χ0v) is 7.47. The molecule has 0 aromatic carbocycles. The molecule has 4 nitrogen and oxygen atoms in total. The summed E-state index contributed by atoms with van der Waals surface area (Å²) in [6.45, 7) is 0. The van der Waals surface area contributed by atoms with Gasteiger partial charge in [-0.15, -0.1) is 0 Å². The molecule has 1 rings (SSSR count). The lowest BCUT2D eigenvalue weighted by Gasteiger charge is -1.93. The van der Waals surface area contributed by atoms with E-state index >= 15 is 0 Å². The number of nitrogens with zero attached hydrogens (tertiary/aromatic N) is 1. The molecule has 54 valence electrons. The van der Waals surface area contributed by atoms with Crippen molar-refractivity contribution in [1.29, 1.82) is 0 Å². The Balaban J connectivity index is 2.93. The van der Waals surface area contributed by atoms with Crippen LogP contribution in [0.3, 0.4) is 0 Å². The number of amides is 1. The summed E-state index contributed by atoms with van der Waals surface area (Å²) in [4.78, 5) is 10.9. The Kier molecular flexibility index (Phi) is 2.25. The van der Waals surface area contributed by atoms with Crippen LogP contribution in [-0.4, -0.2) is 23.2 Å².